The fourth-order valence-electron chi connectivity index (χ4n) is 3.48. The lowest BCUT2D eigenvalue weighted by Gasteiger charge is -2.19. The second kappa shape index (κ2) is 12.1. The molecule has 0 radical (unpaired) electrons. The summed E-state index contributed by atoms with van der Waals surface area (Å²) in [4.78, 5) is 0. The van der Waals surface area contributed by atoms with Crippen LogP contribution in [0.4, 0.5) is 0 Å². The first-order valence-electron chi connectivity index (χ1n) is 10.5. The normalized spacial score (nSPS) is 12.6. The molecule has 0 N–H and O–H groups in total. The van der Waals surface area contributed by atoms with Gasteiger partial charge in [-0.2, -0.15) is 0 Å². The Bertz CT molecular complexity index is 732. The Kier molecular flexibility index (Phi) is 9.41. The second-order valence-corrected chi connectivity index (χ2v) is 7.05. The van der Waals surface area contributed by atoms with Gasteiger partial charge >= 0.3 is 0 Å². The van der Waals surface area contributed by atoms with Gasteiger partial charge in [-0.1, -0.05) is 106 Å². The molecule has 0 aliphatic carbocycles. The molecule has 0 saturated carbocycles. The summed E-state index contributed by atoms with van der Waals surface area (Å²) in [6.07, 6.45) is 12.6. The molecule has 2 rings (SSSR count). The van der Waals surface area contributed by atoms with Crippen molar-refractivity contribution >= 4 is 11.1 Å². The monoisotopic (exact) mass is 358 g/mol. The minimum atomic E-state index is 0.880. The van der Waals surface area contributed by atoms with Crippen molar-refractivity contribution in [3.8, 4) is 0 Å². The largest absolute Gasteiger partial charge is 0.103 e. The highest BCUT2D eigenvalue weighted by molar-refractivity contribution is 5.98. The van der Waals surface area contributed by atoms with Gasteiger partial charge in [0.1, 0.15) is 0 Å². The molecule has 2 aromatic rings. The summed E-state index contributed by atoms with van der Waals surface area (Å²) in [6.45, 7) is 8.59. The Morgan fingerprint density at radius 2 is 1.41 bits per heavy atom. The smallest absolute Gasteiger partial charge is 0.00879 e. The van der Waals surface area contributed by atoms with Crippen LogP contribution in [-0.4, -0.2) is 0 Å². The molecule has 27 heavy (non-hydrogen) atoms. The number of rotatable bonds is 11. The van der Waals surface area contributed by atoms with Gasteiger partial charge in [-0.05, 0) is 53.5 Å². The van der Waals surface area contributed by atoms with Crippen molar-refractivity contribution in [1.29, 1.82) is 0 Å². The molecule has 0 nitrogen and oxygen atoms in total. The molecule has 0 aliphatic rings. The molecule has 0 fully saturated rings. The van der Waals surface area contributed by atoms with Gasteiger partial charge in [-0.15, -0.1) is 6.58 Å². The molecule has 2 aromatic carbocycles. The van der Waals surface area contributed by atoms with Gasteiger partial charge in [0.05, 0.1) is 0 Å². The second-order valence-electron chi connectivity index (χ2n) is 7.05. The highest BCUT2D eigenvalue weighted by Gasteiger charge is 2.15. The van der Waals surface area contributed by atoms with E-state index in [4.69, 9.17) is 0 Å². The van der Waals surface area contributed by atoms with E-state index in [1.807, 2.05) is 6.08 Å². The predicted octanol–water partition coefficient (Wildman–Crippen LogP) is 8.48. The van der Waals surface area contributed by atoms with Crippen molar-refractivity contribution in [2.45, 2.75) is 58.8 Å². The van der Waals surface area contributed by atoms with Crippen LogP contribution in [0.2, 0.25) is 0 Å². The van der Waals surface area contributed by atoms with Crippen LogP contribution in [0.1, 0.15) is 69.9 Å². The fourth-order valence-corrected chi connectivity index (χ4v) is 3.48. The van der Waals surface area contributed by atoms with Gasteiger partial charge in [0.15, 0.2) is 0 Å². The summed E-state index contributed by atoms with van der Waals surface area (Å²) < 4.78 is 0. The molecule has 0 unspecified atom stereocenters. The first-order valence-corrected chi connectivity index (χ1v) is 10.5. The minimum Gasteiger partial charge on any atom is -0.103 e. The highest BCUT2D eigenvalue weighted by atomic mass is 14.2. The topological polar surface area (TPSA) is 0 Å². The third-order valence-electron chi connectivity index (χ3n) is 4.90. The summed E-state index contributed by atoms with van der Waals surface area (Å²) in [5.74, 6) is 0. The van der Waals surface area contributed by atoms with Gasteiger partial charge in [0.2, 0.25) is 0 Å². The van der Waals surface area contributed by atoms with E-state index < -0.39 is 0 Å². The number of unbranched alkanes of at least 4 members (excludes halogenated alkanes) is 3. The maximum Gasteiger partial charge on any atom is -0.00879 e. The average Bonchev–Trinajstić information content (AvgIpc) is 2.72. The zero-order chi connectivity index (χ0) is 19.3. The van der Waals surface area contributed by atoms with Crippen LogP contribution in [-0.2, 0) is 0 Å². The predicted molar refractivity (Wildman–Crippen MR) is 122 cm³/mol. The SMILES string of the molecule is C=CC/C(=C(\C(=C\CCCC)CCCC)c1ccccc1)c1ccccc1. The minimum absolute atomic E-state index is 0.880. The van der Waals surface area contributed by atoms with Gasteiger partial charge in [0, 0.05) is 0 Å². The van der Waals surface area contributed by atoms with Gasteiger partial charge < -0.3 is 0 Å². The molecule has 0 atom stereocenters. The number of hydrogen-bond donors (Lipinski definition) is 0. The van der Waals surface area contributed by atoms with Crippen LogP contribution >= 0.6 is 0 Å². The highest BCUT2D eigenvalue weighted by Crippen LogP contribution is 2.37. The third-order valence-corrected chi connectivity index (χ3v) is 4.90. The standard InChI is InChI=1S/C27H34/c1-4-7-11-20-24(17-8-5-2)27(25-21-14-10-15-22-25)26(16-6-3)23-18-12-9-13-19-23/h6,9-10,12-15,18-22H,3-5,7-8,11,16-17H2,1-2H3/b24-20+,27-26-. The Morgan fingerprint density at radius 3 is 1.96 bits per heavy atom. The van der Waals surface area contributed by atoms with E-state index in [1.165, 1.54) is 53.5 Å². The van der Waals surface area contributed by atoms with E-state index in [2.05, 4.69) is 87.2 Å². The van der Waals surface area contributed by atoms with Crippen molar-refractivity contribution < 1.29 is 0 Å². The van der Waals surface area contributed by atoms with Crippen molar-refractivity contribution in [3.63, 3.8) is 0 Å². The van der Waals surface area contributed by atoms with E-state index in [-0.39, 0.29) is 0 Å². The lowest BCUT2D eigenvalue weighted by Crippen LogP contribution is -1.98. The van der Waals surface area contributed by atoms with E-state index >= 15 is 0 Å². The first-order chi connectivity index (χ1) is 13.3. The molecule has 0 heterocycles. The lowest BCUT2D eigenvalue weighted by molar-refractivity contribution is 0.780. The van der Waals surface area contributed by atoms with Crippen LogP contribution in [0.3, 0.4) is 0 Å². The van der Waals surface area contributed by atoms with E-state index in [0.29, 0.717) is 0 Å². The Balaban J connectivity index is 2.66. The summed E-state index contributed by atoms with van der Waals surface area (Å²) in [5, 5.41) is 0. The lowest BCUT2D eigenvalue weighted by atomic mass is 9.85. The third kappa shape index (κ3) is 6.40. The number of hydrogen-bond acceptors (Lipinski definition) is 0. The van der Waals surface area contributed by atoms with Gasteiger partial charge in [-0.25, -0.2) is 0 Å². The van der Waals surface area contributed by atoms with Crippen molar-refractivity contribution in [2.24, 2.45) is 0 Å². The molecule has 0 saturated heterocycles. The number of allylic oxidation sites excluding steroid dienone is 5. The molecule has 0 heteroatoms. The molecular weight excluding hydrogens is 324 g/mol. The zero-order valence-corrected chi connectivity index (χ0v) is 17.1. The van der Waals surface area contributed by atoms with Crippen molar-refractivity contribution in [1.82, 2.24) is 0 Å². The fraction of sp³-hybridized carbons (Fsp3) is 0.333. The molecular formula is C27H34. The van der Waals surface area contributed by atoms with Crippen LogP contribution in [0.25, 0.3) is 11.1 Å². The molecule has 142 valence electrons. The van der Waals surface area contributed by atoms with Crippen LogP contribution in [0.5, 0.6) is 0 Å². The van der Waals surface area contributed by atoms with Crippen LogP contribution in [0, 0.1) is 0 Å². The quantitative estimate of drug-likeness (QED) is 0.163. The molecule has 0 amide bonds. The maximum absolute atomic E-state index is 4.05. The number of benzene rings is 2. The Morgan fingerprint density at radius 1 is 0.815 bits per heavy atom. The Hall–Kier alpha value is -2.34. The molecule has 0 aromatic heterocycles. The van der Waals surface area contributed by atoms with E-state index in [1.54, 1.807) is 0 Å². The van der Waals surface area contributed by atoms with Gasteiger partial charge in [0.25, 0.3) is 0 Å². The first kappa shape index (κ1) is 21.0. The average molecular weight is 359 g/mol. The summed E-state index contributed by atoms with van der Waals surface area (Å²) >= 11 is 0. The zero-order valence-electron chi connectivity index (χ0n) is 17.1. The van der Waals surface area contributed by atoms with Crippen LogP contribution in [0.15, 0.2) is 85.0 Å². The van der Waals surface area contributed by atoms with Crippen molar-refractivity contribution in [2.75, 3.05) is 0 Å². The summed E-state index contributed by atoms with van der Waals surface area (Å²) in [5.41, 5.74) is 6.91. The molecule has 0 bridgehead atoms. The summed E-state index contributed by atoms with van der Waals surface area (Å²) in [6, 6.07) is 21.7. The molecule has 0 aliphatic heterocycles. The van der Waals surface area contributed by atoms with Crippen LogP contribution < -0.4 is 0 Å². The summed E-state index contributed by atoms with van der Waals surface area (Å²) in [7, 11) is 0. The van der Waals surface area contributed by atoms with E-state index in [0.717, 1.165) is 19.3 Å². The Labute approximate surface area is 166 Å². The van der Waals surface area contributed by atoms with Gasteiger partial charge in [-0.3, -0.25) is 0 Å². The molecule has 0 spiro atoms. The van der Waals surface area contributed by atoms with Crippen molar-refractivity contribution in [3.05, 3.63) is 96.1 Å². The van der Waals surface area contributed by atoms with E-state index in [9.17, 15) is 0 Å². The maximum atomic E-state index is 4.05.